The zero-order valence-electron chi connectivity index (χ0n) is 15.8. The van der Waals surface area contributed by atoms with Crippen LogP contribution in [0.5, 0.6) is 5.75 Å². The van der Waals surface area contributed by atoms with E-state index >= 15 is 0 Å². The van der Waals surface area contributed by atoms with Crippen molar-refractivity contribution in [2.24, 2.45) is 0 Å². The molecule has 150 valence electrons. The van der Waals surface area contributed by atoms with E-state index in [-0.39, 0.29) is 5.82 Å². The lowest BCUT2D eigenvalue weighted by Crippen LogP contribution is -2.18. The normalized spacial score (nSPS) is 12.9. The number of aromatic amines is 1. The van der Waals surface area contributed by atoms with Crippen molar-refractivity contribution in [2.75, 3.05) is 6.61 Å². The number of imidazole rings is 1. The van der Waals surface area contributed by atoms with Crippen molar-refractivity contribution in [1.82, 2.24) is 9.97 Å². The minimum Gasteiger partial charge on any atom is -0.494 e. The summed E-state index contributed by atoms with van der Waals surface area (Å²) in [5.41, 5.74) is 1.08. The first-order valence-corrected chi connectivity index (χ1v) is 10.3. The van der Waals surface area contributed by atoms with Gasteiger partial charge in [-0.1, -0.05) is 44.7 Å². The Balaban J connectivity index is 1.74. The van der Waals surface area contributed by atoms with Gasteiger partial charge in [0.2, 0.25) is 0 Å². The van der Waals surface area contributed by atoms with E-state index in [9.17, 15) is 13.2 Å². The molecule has 0 amide bonds. The van der Waals surface area contributed by atoms with Gasteiger partial charge in [0.25, 0.3) is 0 Å². The van der Waals surface area contributed by atoms with Crippen molar-refractivity contribution in [2.45, 2.75) is 68.8 Å². The molecule has 0 saturated heterocycles. The van der Waals surface area contributed by atoms with Crippen LogP contribution >= 0.6 is 11.8 Å². The highest BCUT2D eigenvalue weighted by molar-refractivity contribution is 7.98. The second-order valence-electron chi connectivity index (χ2n) is 6.59. The Hall–Kier alpha value is -1.63. The second kappa shape index (κ2) is 10.6. The van der Waals surface area contributed by atoms with Crippen LogP contribution in [0.3, 0.4) is 0 Å². The molecule has 1 aromatic carbocycles. The monoisotopic (exact) mass is 400 g/mol. The van der Waals surface area contributed by atoms with E-state index in [1.165, 1.54) is 43.6 Å². The molecule has 0 fully saturated rings. The van der Waals surface area contributed by atoms with Crippen LogP contribution in [-0.2, 0) is 5.75 Å². The predicted molar refractivity (Wildman–Crippen MR) is 103 cm³/mol. The molecule has 7 heteroatoms. The summed E-state index contributed by atoms with van der Waals surface area (Å²) in [6.07, 6.45) is 3.20. The number of H-pyrrole nitrogens is 1. The Morgan fingerprint density at radius 3 is 2.48 bits per heavy atom. The summed E-state index contributed by atoms with van der Waals surface area (Å²) in [4.78, 5) is 6.61. The van der Waals surface area contributed by atoms with E-state index in [4.69, 9.17) is 4.74 Å². The van der Waals surface area contributed by atoms with Gasteiger partial charge in [-0.25, -0.2) is 4.98 Å². The highest BCUT2D eigenvalue weighted by Gasteiger charge is 2.38. The summed E-state index contributed by atoms with van der Waals surface area (Å²) < 4.78 is 43.9. The summed E-state index contributed by atoms with van der Waals surface area (Å²) in [6, 6.07) is 7.84. The second-order valence-corrected chi connectivity index (χ2v) is 7.61. The molecule has 0 radical (unpaired) electrons. The Morgan fingerprint density at radius 2 is 1.81 bits per heavy atom. The van der Waals surface area contributed by atoms with Gasteiger partial charge in [-0.3, -0.25) is 0 Å². The number of halogens is 3. The lowest BCUT2D eigenvalue weighted by Gasteiger charge is -2.12. The molecule has 2 rings (SSSR count). The van der Waals surface area contributed by atoms with Gasteiger partial charge >= 0.3 is 6.18 Å². The van der Waals surface area contributed by atoms with Gasteiger partial charge in [-0.05, 0) is 31.0 Å². The predicted octanol–water partition coefficient (Wildman–Crippen LogP) is 6.72. The minimum atomic E-state index is -4.29. The first kappa shape index (κ1) is 21.7. The fourth-order valence-corrected chi connectivity index (χ4v) is 3.32. The highest BCUT2D eigenvalue weighted by atomic mass is 32.2. The van der Waals surface area contributed by atoms with Crippen LogP contribution in [0.1, 0.15) is 63.3 Å². The Kier molecular flexibility index (Phi) is 8.54. The molecular weight excluding hydrogens is 373 g/mol. The minimum absolute atomic E-state index is 0.0484. The first-order valence-electron chi connectivity index (χ1n) is 9.36. The van der Waals surface area contributed by atoms with Gasteiger partial charge in [-0.15, -0.1) is 11.8 Å². The summed E-state index contributed by atoms with van der Waals surface area (Å²) in [5.74, 6) is -0.140. The van der Waals surface area contributed by atoms with Gasteiger partial charge in [0.05, 0.1) is 17.8 Å². The van der Waals surface area contributed by atoms with Crippen LogP contribution in [0, 0.1) is 0 Å². The van der Waals surface area contributed by atoms with Crippen LogP contribution < -0.4 is 4.74 Å². The maximum Gasteiger partial charge on any atom is 0.398 e. The van der Waals surface area contributed by atoms with Gasteiger partial charge in [0.1, 0.15) is 17.5 Å². The molecule has 0 spiro atoms. The van der Waals surface area contributed by atoms with Gasteiger partial charge < -0.3 is 9.72 Å². The Labute approximate surface area is 163 Å². The number of benzene rings is 1. The molecule has 0 aliphatic carbocycles. The summed E-state index contributed by atoms with van der Waals surface area (Å²) >= 11 is 1.43. The van der Waals surface area contributed by atoms with Crippen molar-refractivity contribution in [1.29, 1.82) is 0 Å². The van der Waals surface area contributed by atoms with Crippen molar-refractivity contribution in [3.63, 3.8) is 0 Å². The molecule has 1 N–H and O–H groups in total. The molecule has 3 nitrogen and oxygen atoms in total. The summed E-state index contributed by atoms with van der Waals surface area (Å²) in [7, 11) is 0. The molecule has 1 unspecified atom stereocenters. The van der Waals surface area contributed by atoms with Gasteiger partial charge in [0.15, 0.2) is 0 Å². The van der Waals surface area contributed by atoms with E-state index in [0.29, 0.717) is 10.8 Å². The molecule has 0 aliphatic rings. The molecule has 0 bridgehead atoms. The van der Waals surface area contributed by atoms with E-state index in [1.807, 2.05) is 24.3 Å². The van der Waals surface area contributed by atoms with Crippen molar-refractivity contribution >= 4 is 11.8 Å². The Morgan fingerprint density at radius 1 is 1.11 bits per heavy atom. The third kappa shape index (κ3) is 7.48. The van der Waals surface area contributed by atoms with E-state index in [0.717, 1.165) is 31.3 Å². The standard InChI is InChI=1S/C20H27F3N2OS/c1-3-4-5-6-7-12-26-17-10-8-16(9-11-17)14-27-18-13-24-19(25-18)15(2)20(21,22)23/h8-11,13,15H,3-7,12,14H2,1-2H3,(H,24,25). The van der Waals surface area contributed by atoms with Crippen molar-refractivity contribution < 1.29 is 17.9 Å². The average molecular weight is 401 g/mol. The first-order chi connectivity index (χ1) is 12.9. The molecule has 2 aromatic rings. The zero-order valence-corrected chi connectivity index (χ0v) is 16.6. The summed E-state index contributed by atoms with van der Waals surface area (Å²) in [5, 5.41) is 0.633. The van der Waals surface area contributed by atoms with Gasteiger partial charge in [-0.2, -0.15) is 13.2 Å². The van der Waals surface area contributed by atoms with Crippen LogP contribution in [0.15, 0.2) is 35.5 Å². The SMILES string of the molecule is CCCCCCCOc1ccc(CSc2cnc(C(C)C(F)(F)F)[nH]2)cc1. The Bertz CT molecular complexity index is 671. The lowest BCUT2D eigenvalue weighted by atomic mass is 10.1. The van der Waals surface area contributed by atoms with Gasteiger partial charge in [0, 0.05) is 5.75 Å². The maximum absolute atomic E-state index is 12.7. The van der Waals surface area contributed by atoms with Crippen molar-refractivity contribution in [3.8, 4) is 5.75 Å². The number of hydrogen-bond donors (Lipinski definition) is 1. The number of ether oxygens (including phenoxy) is 1. The van der Waals surface area contributed by atoms with Crippen LogP contribution in [0.2, 0.25) is 0 Å². The number of rotatable bonds is 11. The topological polar surface area (TPSA) is 37.9 Å². The third-order valence-corrected chi connectivity index (χ3v) is 5.30. The largest absolute Gasteiger partial charge is 0.494 e. The molecule has 1 atom stereocenters. The summed E-state index contributed by atoms with van der Waals surface area (Å²) in [6.45, 7) is 4.03. The number of unbranched alkanes of at least 4 members (excludes halogenated alkanes) is 4. The van der Waals surface area contributed by atoms with Crippen LogP contribution in [-0.4, -0.2) is 22.8 Å². The van der Waals surface area contributed by atoms with E-state index in [2.05, 4.69) is 16.9 Å². The lowest BCUT2D eigenvalue weighted by molar-refractivity contribution is -0.147. The van der Waals surface area contributed by atoms with Crippen LogP contribution in [0.4, 0.5) is 13.2 Å². The molecular formula is C20H27F3N2OS. The number of aromatic nitrogens is 2. The number of nitrogens with one attached hydrogen (secondary N) is 1. The fourth-order valence-electron chi connectivity index (χ4n) is 2.51. The smallest absolute Gasteiger partial charge is 0.398 e. The molecule has 0 aliphatic heterocycles. The number of nitrogens with zero attached hydrogens (tertiary/aromatic N) is 1. The van der Waals surface area contributed by atoms with Crippen molar-refractivity contribution in [3.05, 3.63) is 41.9 Å². The zero-order chi connectivity index (χ0) is 19.7. The molecule has 1 aromatic heterocycles. The molecule has 0 saturated carbocycles. The average Bonchev–Trinajstić information content (AvgIpc) is 3.11. The highest BCUT2D eigenvalue weighted by Crippen LogP contribution is 2.33. The van der Waals surface area contributed by atoms with Crippen LogP contribution in [0.25, 0.3) is 0 Å². The molecule has 1 heterocycles. The molecule has 27 heavy (non-hydrogen) atoms. The van der Waals surface area contributed by atoms with E-state index < -0.39 is 12.1 Å². The fraction of sp³-hybridized carbons (Fsp3) is 0.550. The number of alkyl halides is 3. The quantitative estimate of drug-likeness (QED) is 0.336. The maximum atomic E-state index is 12.7. The third-order valence-electron chi connectivity index (χ3n) is 4.31. The number of thioether (sulfide) groups is 1. The number of hydrogen-bond acceptors (Lipinski definition) is 3. The van der Waals surface area contributed by atoms with E-state index in [1.54, 1.807) is 0 Å².